The van der Waals surface area contributed by atoms with Gasteiger partial charge in [-0.05, 0) is 0 Å². The standard InChI is InChI=1S/CH3.Al.2N3/c;;2*1-3-2/h1H3;;;/q;+2;2*-1. The van der Waals surface area contributed by atoms with Crippen LogP contribution in [-0.4, -0.2) is 16.3 Å². The summed E-state index contributed by atoms with van der Waals surface area (Å²) in [6, 6.07) is 0. The fourth-order valence-electron chi connectivity index (χ4n) is 0. The van der Waals surface area contributed by atoms with E-state index in [-0.39, 0.29) is 0 Å². The van der Waals surface area contributed by atoms with Crippen molar-refractivity contribution in [2.45, 2.75) is 5.79 Å². The van der Waals surface area contributed by atoms with E-state index in [2.05, 4.69) is 16.3 Å². The van der Waals surface area contributed by atoms with Crippen LogP contribution < -0.4 is 0 Å². The van der Waals surface area contributed by atoms with E-state index in [1.165, 1.54) is 9.82 Å². The monoisotopic (exact) mass is 126 g/mol. The maximum atomic E-state index is 6.75. The maximum Gasteiger partial charge on any atom is -0.255 e. The molecule has 0 radical (unpaired) electrons. The van der Waals surface area contributed by atoms with Crippen LogP contribution in [0.25, 0.3) is 31.9 Å². The van der Waals surface area contributed by atoms with Gasteiger partial charge in [0.05, 0.1) is 0 Å². The minimum absolute atomic E-state index is 1.50. The van der Waals surface area contributed by atoms with Gasteiger partial charge in [-0.25, -0.2) is 0 Å². The molecule has 0 bridgehead atoms. The van der Waals surface area contributed by atoms with E-state index < -0.39 is 0 Å². The molecule has 8 heavy (non-hydrogen) atoms. The summed E-state index contributed by atoms with van der Waals surface area (Å²) in [5.41, 5.74) is 27.0. The molecule has 0 aromatic carbocycles. The van der Waals surface area contributed by atoms with Crippen LogP contribution >= 0.6 is 0 Å². The molecule has 0 aliphatic heterocycles. The molecule has 0 atom stereocenters. The van der Waals surface area contributed by atoms with Crippen LogP contribution in [0.2, 0.25) is 5.79 Å². The first-order valence-electron chi connectivity index (χ1n) is 1.38. The Morgan fingerprint density at radius 2 is 0.875 bits per heavy atom. The number of hydrogen-bond donors (Lipinski definition) is 0. The first-order chi connectivity index (χ1) is 3.83. The second-order valence-corrected chi connectivity index (χ2v) is 0.179. The Balaban J connectivity index is -0.0000000483. The van der Waals surface area contributed by atoms with E-state index in [1.54, 1.807) is 0 Å². The summed E-state index contributed by atoms with van der Waals surface area (Å²) >= 11 is 2.42. The maximum absolute atomic E-state index is 6.75. The van der Waals surface area contributed by atoms with Gasteiger partial charge in [0.25, 0.3) is 0 Å². The van der Waals surface area contributed by atoms with Crippen LogP contribution in [0.1, 0.15) is 0 Å². The van der Waals surface area contributed by atoms with Crippen molar-refractivity contribution >= 4 is 16.3 Å². The van der Waals surface area contributed by atoms with Crippen molar-refractivity contribution in [2.24, 2.45) is 0 Å². The molecule has 0 rings (SSSR count). The largest absolute Gasteiger partial charge is 0.373 e. The molecule has 0 aromatic heterocycles. The second kappa shape index (κ2) is 123. The van der Waals surface area contributed by atoms with Gasteiger partial charge in [0.1, 0.15) is 0 Å². The molecule has 0 aliphatic rings. The van der Waals surface area contributed by atoms with Crippen molar-refractivity contribution in [1.29, 1.82) is 0 Å². The smallest absolute Gasteiger partial charge is 0.255 e. The van der Waals surface area contributed by atoms with E-state index in [1.807, 2.05) is 5.79 Å². The van der Waals surface area contributed by atoms with E-state index in [0.717, 1.165) is 0 Å². The average molecular weight is 126 g/mol. The van der Waals surface area contributed by atoms with Gasteiger partial charge >= 0.3 is 22.1 Å². The van der Waals surface area contributed by atoms with Gasteiger partial charge in [0, 0.05) is 0 Å². The van der Waals surface area contributed by atoms with Crippen molar-refractivity contribution in [1.82, 2.24) is 0 Å². The molecule has 0 saturated carbocycles. The molecule has 0 amide bonds. The molecule has 6 nitrogen and oxygen atoms in total. The van der Waals surface area contributed by atoms with Gasteiger partial charge in [-0.1, -0.05) is 0 Å². The van der Waals surface area contributed by atoms with Gasteiger partial charge in [-0.2, -0.15) is 0 Å². The predicted molar refractivity (Wildman–Crippen MR) is 31.8 cm³/mol. The summed E-state index contributed by atoms with van der Waals surface area (Å²) in [6.07, 6.45) is 0. The first kappa shape index (κ1) is 15.7. The summed E-state index contributed by atoms with van der Waals surface area (Å²) < 4.78 is 0. The van der Waals surface area contributed by atoms with Crippen molar-refractivity contribution < 1.29 is 0 Å². The number of rotatable bonds is 0. The first-order valence-corrected chi connectivity index (χ1v) is 2.53. The van der Waals surface area contributed by atoms with Crippen LogP contribution in [0.5, 0.6) is 0 Å². The van der Waals surface area contributed by atoms with Crippen molar-refractivity contribution in [3.8, 4) is 0 Å². The summed E-state index contributed by atoms with van der Waals surface area (Å²) in [6.45, 7) is 0. The van der Waals surface area contributed by atoms with Crippen LogP contribution in [0.4, 0.5) is 0 Å². The minimum Gasteiger partial charge on any atom is -0.373 e. The van der Waals surface area contributed by atoms with Crippen LogP contribution in [0.3, 0.4) is 0 Å². The average Bonchev–Trinajstić information content (AvgIpc) is 1.75. The zero-order valence-electron chi connectivity index (χ0n) is 4.26. The molecule has 0 saturated heterocycles. The molecule has 0 aromatic rings. The third kappa shape index (κ3) is 124. The SMILES string of the molecule is [CH3][Al+2].[N-]=[N+]=[N-].[N-]=[N+]=[N-]. The molecule has 0 heterocycles. The molecule has 0 spiro atoms. The fraction of sp³-hybridized carbons (Fsp3) is 1.00. The Morgan fingerprint density at radius 3 is 0.875 bits per heavy atom. The predicted octanol–water partition coefficient (Wildman–Crippen LogP) is 1.94. The third-order valence-electron chi connectivity index (χ3n) is 0. The van der Waals surface area contributed by atoms with Gasteiger partial charge in [-0.15, -0.1) is 0 Å². The molecule has 0 N–H and O–H groups in total. The van der Waals surface area contributed by atoms with Gasteiger partial charge < -0.3 is 22.1 Å². The zero-order chi connectivity index (χ0) is 7.41. The molecular weight excluding hydrogens is 123 g/mol. The van der Waals surface area contributed by atoms with E-state index >= 15 is 0 Å². The van der Waals surface area contributed by atoms with Crippen LogP contribution in [0, 0.1) is 0 Å². The number of nitrogens with zero attached hydrogens (tertiary/aromatic N) is 6. The van der Waals surface area contributed by atoms with Crippen molar-refractivity contribution in [3.63, 3.8) is 0 Å². The normalized spacial score (nSPS) is 2.88. The molecule has 0 unspecified atom stereocenters. The molecule has 40 valence electrons. The summed E-state index contributed by atoms with van der Waals surface area (Å²) in [7, 11) is 0. The van der Waals surface area contributed by atoms with Crippen LogP contribution in [0.15, 0.2) is 0 Å². The van der Waals surface area contributed by atoms with Crippen molar-refractivity contribution in [2.75, 3.05) is 0 Å². The third-order valence-corrected chi connectivity index (χ3v) is 0. The van der Waals surface area contributed by atoms with Gasteiger partial charge in [0.2, 0.25) is 0 Å². The summed E-state index contributed by atoms with van der Waals surface area (Å²) in [5, 5.41) is 0. The zero-order valence-corrected chi connectivity index (χ0v) is 5.42. The molecule has 7 heteroatoms. The fourth-order valence-corrected chi connectivity index (χ4v) is 0. The number of hydrogen-bond acceptors (Lipinski definition) is 0. The summed E-state index contributed by atoms with van der Waals surface area (Å²) in [4.78, 5) is 3.00. The Bertz CT molecular complexity index is 62.5. The molecule has 0 fully saturated rings. The van der Waals surface area contributed by atoms with E-state index in [4.69, 9.17) is 22.1 Å². The van der Waals surface area contributed by atoms with E-state index in [9.17, 15) is 0 Å². The second-order valence-electron chi connectivity index (χ2n) is 0.179. The minimum atomic E-state index is 1.50. The Hall–Kier alpha value is -0.848. The Labute approximate surface area is 54.8 Å². The van der Waals surface area contributed by atoms with Crippen LogP contribution in [-0.2, 0) is 0 Å². The molecular formula is CH3AlN6. The molecule has 0 aliphatic carbocycles. The topological polar surface area (TPSA) is 117 Å². The van der Waals surface area contributed by atoms with Gasteiger partial charge in [0.15, 0.2) is 0 Å². The van der Waals surface area contributed by atoms with Crippen molar-refractivity contribution in [3.05, 3.63) is 31.9 Å². The quantitative estimate of drug-likeness (QED) is 0.204. The Kier molecular flexibility index (Phi) is 241. The Morgan fingerprint density at radius 1 is 0.875 bits per heavy atom. The summed E-state index contributed by atoms with van der Waals surface area (Å²) in [5.74, 6) is 1.92. The van der Waals surface area contributed by atoms with Gasteiger partial charge in [-0.3, -0.25) is 9.82 Å². The van der Waals surface area contributed by atoms with E-state index in [0.29, 0.717) is 0 Å².